The summed E-state index contributed by atoms with van der Waals surface area (Å²) in [5.41, 5.74) is 2.85. The lowest BCUT2D eigenvalue weighted by molar-refractivity contribution is 0.111. The molecule has 0 saturated carbocycles. The lowest BCUT2D eigenvalue weighted by Crippen LogP contribution is -2.02. The standard InChI is InChI=1S/C14H13N3O/c1-16-8-11(7-15-16)9-17-13(10-18)6-12-4-2-3-5-14(12)17/h2-8,10H,9H2,1H3. The van der Waals surface area contributed by atoms with Crippen LogP contribution in [0.25, 0.3) is 10.9 Å². The highest BCUT2D eigenvalue weighted by Gasteiger charge is 2.08. The summed E-state index contributed by atoms with van der Waals surface area (Å²) < 4.78 is 3.78. The highest BCUT2D eigenvalue weighted by Crippen LogP contribution is 2.20. The van der Waals surface area contributed by atoms with Crippen LogP contribution in [-0.2, 0) is 13.6 Å². The number of aryl methyl sites for hydroxylation is 1. The molecule has 0 atom stereocenters. The summed E-state index contributed by atoms with van der Waals surface area (Å²) in [6, 6.07) is 9.92. The van der Waals surface area contributed by atoms with E-state index >= 15 is 0 Å². The molecule has 3 aromatic rings. The average molecular weight is 239 g/mol. The van der Waals surface area contributed by atoms with Gasteiger partial charge in [-0.15, -0.1) is 0 Å². The molecular formula is C14H13N3O. The Morgan fingerprint density at radius 3 is 2.89 bits per heavy atom. The molecule has 0 unspecified atom stereocenters. The molecule has 90 valence electrons. The Morgan fingerprint density at radius 1 is 1.33 bits per heavy atom. The molecule has 3 rings (SSSR count). The Kier molecular flexibility index (Phi) is 2.48. The van der Waals surface area contributed by atoms with Crippen LogP contribution in [0, 0.1) is 0 Å². The molecule has 0 spiro atoms. The molecule has 2 heterocycles. The molecule has 1 aromatic carbocycles. The average Bonchev–Trinajstić information content (AvgIpc) is 2.94. The number of aromatic nitrogens is 3. The maximum Gasteiger partial charge on any atom is 0.166 e. The zero-order chi connectivity index (χ0) is 12.5. The quantitative estimate of drug-likeness (QED) is 0.657. The minimum Gasteiger partial charge on any atom is -0.334 e. The summed E-state index contributed by atoms with van der Waals surface area (Å²) in [6.45, 7) is 0.662. The van der Waals surface area contributed by atoms with Crippen molar-refractivity contribution in [2.45, 2.75) is 6.54 Å². The van der Waals surface area contributed by atoms with E-state index in [4.69, 9.17) is 0 Å². The number of rotatable bonds is 3. The van der Waals surface area contributed by atoms with Gasteiger partial charge in [-0.1, -0.05) is 18.2 Å². The van der Waals surface area contributed by atoms with Crippen LogP contribution in [0.3, 0.4) is 0 Å². The Bertz CT molecular complexity index is 709. The second-order valence-corrected chi connectivity index (χ2v) is 4.35. The van der Waals surface area contributed by atoms with E-state index in [-0.39, 0.29) is 0 Å². The van der Waals surface area contributed by atoms with Crippen LogP contribution in [-0.4, -0.2) is 20.6 Å². The van der Waals surface area contributed by atoms with E-state index in [2.05, 4.69) is 5.10 Å². The summed E-state index contributed by atoms with van der Waals surface area (Å²) in [7, 11) is 1.89. The highest BCUT2D eigenvalue weighted by atomic mass is 16.1. The normalized spacial score (nSPS) is 10.9. The summed E-state index contributed by atoms with van der Waals surface area (Å²) in [4.78, 5) is 11.2. The van der Waals surface area contributed by atoms with E-state index in [1.165, 1.54) is 0 Å². The first-order chi connectivity index (χ1) is 8.78. The van der Waals surface area contributed by atoms with Crippen molar-refractivity contribution in [3.63, 3.8) is 0 Å². The molecule has 18 heavy (non-hydrogen) atoms. The van der Waals surface area contributed by atoms with E-state index in [0.717, 1.165) is 22.8 Å². The van der Waals surface area contributed by atoms with Gasteiger partial charge in [0.1, 0.15) is 0 Å². The molecule has 4 nitrogen and oxygen atoms in total. The van der Waals surface area contributed by atoms with Crippen molar-refractivity contribution >= 4 is 17.2 Å². The van der Waals surface area contributed by atoms with Crippen LogP contribution in [0.15, 0.2) is 42.7 Å². The predicted octanol–water partition coefficient (Wildman–Crippen LogP) is 2.24. The number of carbonyl (C=O) groups is 1. The minimum atomic E-state index is 0.662. The van der Waals surface area contributed by atoms with Gasteiger partial charge in [0.15, 0.2) is 6.29 Å². The minimum absolute atomic E-state index is 0.662. The zero-order valence-corrected chi connectivity index (χ0v) is 10.1. The van der Waals surface area contributed by atoms with E-state index in [1.54, 1.807) is 4.68 Å². The van der Waals surface area contributed by atoms with Gasteiger partial charge < -0.3 is 4.57 Å². The lowest BCUT2D eigenvalue weighted by Gasteiger charge is -2.05. The van der Waals surface area contributed by atoms with Crippen LogP contribution in [0.5, 0.6) is 0 Å². The summed E-state index contributed by atoms with van der Waals surface area (Å²) in [6.07, 6.45) is 4.68. The van der Waals surface area contributed by atoms with Crippen LogP contribution in [0.2, 0.25) is 0 Å². The monoisotopic (exact) mass is 239 g/mol. The third-order valence-corrected chi connectivity index (χ3v) is 3.06. The predicted molar refractivity (Wildman–Crippen MR) is 69.6 cm³/mol. The van der Waals surface area contributed by atoms with Gasteiger partial charge in [-0.05, 0) is 12.1 Å². The third kappa shape index (κ3) is 1.72. The lowest BCUT2D eigenvalue weighted by atomic mass is 10.2. The van der Waals surface area contributed by atoms with Crippen molar-refractivity contribution in [1.82, 2.24) is 14.3 Å². The van der Waals surface area contributed by atoms with Gasteiger partial charge in [0.05, 0.1) is 18.4 Å². The van der Waals surface area contributed by atoms with Crippen molar-refractivity contribution in [3.8, 4) is 0 Å². The maximum absolute atomic E-state index is 11.2. The molecule has 0 fully saturated rings. The number of para-hydroxylation sites is 1. The van der Waals surface area contributed by atoms with Crippen LogP contribution in [0.4, 0.5) is 0 Å². The number of carbonyl (C=O) groups excluding carboxylic acids is 1. The number of fused-ring (bicyclic) bond motifs is 1. The number of aldehydes is 1. The molecule has 0 amide bonds. The van der Waals surface area contributed by atoms with Crippen LogP contribution < -0.4 is 0 Å². The van der Waals surface area contributed by atoms with Crippen molar-refractivity contribution in [1.29, 1.82) is 0 Å². The van der Waals surface area contributed by atoms with Gasteiger partial charge in [0, 0.05) is 29.7 Å². The molecular weight excluding hydrogens is 226 g/mol. The number of nitrogens with zero attached hydrogens (tertiary/aromatic N) is 3. The van der Waals surface area contributed by atoms with E-state index in [1.807, 2.05) is 54.3 Å². The topological polar surface area (TPSA) is 39.8 Å². The molecule has 2 aromatic heterocycles. The highest BCUT2D eigenvalue weighted by molar-refractivity contribution is 5.88. The second-order valence-electron chi connectivity index (χ2n) is 4.35. The number of hydrogen-bond acceptors (Lipinski definition) is 2. The first-order valence-corrected chi connectivity index (χ1v) is 5.79. The SMILES string of the molecule is Cn1cc(Cn2c(C=O)cc3ccccc32)cn1. The fourth-order valence-corrected chi connectivity index (χ4v) is 2.24. The van der Waals surface area contributed by atoms with Crippen molar-refractivity contribution in [3.05, 3.63) is 54.0 Å². The Labute approximate surface area is 104 Å². The molecule has 0 aliphatic heterocycles. The largest absolute Gasteiger partial charge is 0.334 e. The molecule has 4 heteroatoms. The smallest absolute Gasteiger partial charge is 0.166 e. The van der Waals surface area contributed by atoms with Gasteiger partial charge in [-0.25, -0.2) is 0 Å². The fourth-order valence-electron chi connectivity index (χ4n) is 2.24. The van der Waals surface area contributed by atoms with Crippen molar-refractivity contribution < 1.29 is 4.79 Å². The first-order valence-electron chi connectivity index (χ1n) is 5.79. The molecule has 0 bridgehead atoms. The van der Waals surface area contributed by atoms with Crippen molar-refractivity contribution in [2.24, 2.45) is 7.05 Å². The van der Waals surface area contributed by atoms with E-state index in [0.29, 0.717) is 12.2 Å². The third-order valence-electron chi connectivity index (χ3n) is 3.06. The molecule has 0 aliphatic carbocycles. The molecule has 0 aliphatic rings. The van der Waals surface area contributed by atoms with Crippen LogP contribution in [0.1, 0.15) is 16.1 Å². The van der Waals surface area contributed by atoms with Gasteiger partial charge in [-0.2, -0.15) is 5.10 Å². The molecule has 0 N–H and O–H groups in total. The summed E-state index contributed by atoms with van der Waals surface area (Å²) in [5.74, 6) is 0. The van der Waals surface area contributed by atoms with Gasteiger partial charge in [-0.3, -0.25) is 9.48 Å². The number of benzene rings is 1. The summed E-state index contributed by atoms with van der Waals surface area (Å²) in [5, 5.41) is 5.23. The van der Waals surface area contributed by atoms with Gasteiger partial charge in [0.2, 0.25) is 0 Å². The summed E-state index contributed by atoms with van der Waals surface area (Å²) >= 11 is 0. The van der Waals surface area contributed by atoms with Crippen molar-refractivity contribution in [2.75, 3.05) is 0 Å². The first kappa shape index (κ1) is 10.8. The van der Waals surface area contributed by atoms with Crippen LogP contribution >= 0.6 is 0 Å². The van der Waals surface area contributed by atoms with Gasteiger partial charge >= 0.3 is 0 Å². The van der Waals surface area contributed by atoms with Gasteiger partial charge in [0.25, 0.3) is 0 Å². The second kappa shape index (κ2) is 4.14. The Hall–Kier alpha value is -2.36. The zero-order valence-electron chi connectivity index (χ0n) is 10.1. The fraction of sp³-hybridized carbons (Fsp3) is 0.143. The van der Waals surface area contributed by atoms with E-state index in [9.17, 15) is 4.79 Å². The Morgan fingerprint density at radius 2 is 2.17 bits per heavy atom. The molecule has 0 radical (unpaired) electrons. The Balaban J connectivity index is 2.12. The molecule has 0 saturated heterocycles. The number of hydrogen-bond donors (Lipinski definition) is 0. The van der Waals surface area contributed by atoms with E-state index < -0.39 is 0 Å². The maximum atomic E-state index is 11.2.